The number of ether oxygens (including phenoxy) is 2. The Balaban J connectivity index is 1.34. The third kappa shape index (κ3) is 3.22. The minimum atomic E-state index is -0.559. The Labute approximate surface area is 125 Å². The standard InChI is InChI=1S/C16H23NO4/c1-17(7-3-2-4-13-10-20-16(19)21-13)15(18)14-9-11-5-6-12(14)8-11/h5-6,11-14H,2-4,7-10H2,1H3. The van der Waals surface area contributed by atoms with Gasteiger partial charge in [-0.25, -0.2) is 4.79 Å². The van der Waals surface area contributed by atoms with Crippen molar-refractivity contribution in [2.24, 2.45) is 17.8 Å². The van der Waals surface area contributed by atoms with E-state index in [0.717, 1.165) is 38.6 Å². The molecule has 21 heavy (non-hydrogen) atoms. The van der Waals surface area contributed by atoms with E-state index < -0.39 is 6.16 Å². The van der Waals surface area contributed by atoms with Gasteiger partial charge in [-0.15, -0.1) is 0 Å². The zero-order chi connectivity index (χ0) is 14.8. The summed E-state index contributed by atoms with van der Waals surface area (Å²) in [5, 5.41) is 0. The molecule has 1 aliphatic heterocycles. The fourth-order valence-corrected chi connectivity index (χ4v) is 3.69. The Morgan fingerprint density at radius 3 is 2.81 bits per heavy atom. The number of rotatable bonds is 6. The van der Waals surface area contributed by atoms with Crippen LogP contribution in [0.5, 0.6) is 0 Å². The lowest BCUT2D eigenvalue weighted by Gasteiger charge is -2.24. The summed E-state index contributed by atoms with van der Waals surface area (Å²) in [6.45, 7) is 1.14. The molecule has 2 aliphatic carbocycles. The second-order valence-electron chi connectivity index (χ2n) is 6.44. The Morgan fingerprint density at radius 1 is 1.33 bits per heavy atom. The number of hydrogen-bond acceptors (Lipinski definition) is 4. The highest BCUT2D eigenvalue weighted by Gasteiger charge is 2.40. The molecule has 0 N–H and O–H groups in total. The lowest BCUT2D eigenvalue weighted by atomic mass is 9.92. The van der Waals surface area contributed by atoms with Crippen LogP contribution in [0.1, 0.15) is 32.1 Å². The lowest BCUT2D eigenvalue weighted by molar-refractivity contribution is -0.135. The Morgan fingerprint density at radius 2 is 2.19 bits per heavy atom. The molecule has 4 atom stereocenters. The van der Waals surface area contributed by atoms with Gasteiger partial charge < -0.3 is 14.4 Å². The first-order valence-corrected chi connectivity index (χ1v) is 7.90. The van der Waals surface area contributed by atoms with Crippen molar-refractivity contribution in [2.45, 2.75) is 38.2 Å². The molecule has 1 saturated heterocycles. The number of allylic oxidation sites excluding steroid dienone is 2. The summed E-state index contributed by atoms with van der Waals surface area (Å²) in [5.41, 5.74) is 0. The van der Waals surface area contributed by atoms with E-state index in [4.69, 9.17) is 9.47 Å². The molecule has 1 saturated carbocycles. The van der Waals surface area contributed by atoms with Crippen molar-refractivity contribution in [3.8, 4) is 0 Å². The number of carbonyl (C=O) groups excluding carboxylic acids is 2. The Bertz CT molecular complexity index is 448. The maximum atomic E-state index is 12.4. The summed E-state index contributed by atoms with van der Waals surface area (Å²) in [6, 6.07) is 0. The predicted octanol–water partition coefficient (Wildman–Crippen LogP) is 2.36. The van der Waals surface area contributed by atoms with Gasteiger partial charge in [-0.1, -0.05) is 12.2 Å². The number of unbranched alkanes of at least 4 members (excludes halogenated alkanes) is 1. The molecule has 5 nitrogen and oxygen atoms in total. The van der Waals surface area contributed by atoms with Crippen LogP contribution in [0.15, 0.2) is 12.2 Å². The van der Waals surface area contributed by atoms with Crippen molar-refractivity contribution in [2.75, 3.05) is 20.2 Å². The van der Waals surface area contributed by atoms with Gasteiger partial charge >= 0.3 is 6.16 Å². The molecule has 5 heteroatoms. The van der Waals surface area contributed by atoms with Crippen LogP contribution in [-0.4, -0.2) is 43.3 Å². The van der Waals surface area contributed by atoms with E-state index >= 15 is 0 Å². The number of carbonyl (C=O) groups is 2. The highest BCUT2D eigenvalue weighted by Crippen LogP contribution is 2.44. The van der Waals surface area contributed by atoms with Gasteiger partial charge in [-0.05, 0) is 43.9 Å². The molecule has 0 aromatic heterocycles. The number of nitrogens with zero attached hydrogens (tertiary/aromatic N) is 1. The Hall–Kier alpha value is -1.52. The van der Waals surface area contributed by atoms with Crippen LogP contribution in [0.4, 0.5) is 4.79 Å². The number of hydrogen-bond donors (Lipinski definition) is 0. The van der Waals surface area contributed by atoms with E-state index in [2.05, 4.69) is 12.2 Å². The van der Waals surface area contributed by atoms with Crippen LogP contribution in [0.2, 0.25) is 0 Å². The summed E-state index contributed by atoms with van der Waals surface area (Å²) < 4.78 is 9.73. The molecule has 0 aromatic carbocycles. The highest BCUT2D eigenvalue weighted by atomic mass is 16.8. The van der Waals surface area contributed by atoms with E-state index in [-0.39, 0.29) is 12.0 Å². The van der Waals surface area contributed by atoms with E-state index in [1.165, 1.54) is 0 Å². The average molecular weight is 293 g/mol. The lowest BCUT2D eigenvalue weighted by Crippen LogP contribution is -2.35. The van der Waals surface area contributed by atoms with Gasteiger partial charge in [-0.2, -0.15) is 0 Å². The molecule has 0 aromatic rings. The summed E-state index contributed by atoms with van der Waals surface area (Å²) in [6.07, 6.45) is 8.70. The van der Waals surface area contributed by atoms with E-state index in [0.29, 0.717) is 24.3 Å². The third-order valence-electron chi connectivity index (χ3n) is 4.89. The van der Waals surface area contributed by atoms with Crippen LogP contribution < -0.4 is 0 Å². The van der Waals surface area contributed by atoms with Gasteiger partial charge in [0, 0.05) is 19.5 Å². The molecule has 4 unspecified atom stereocenters. The van der Waals surface area contributed by atoms with Crippen molar-refractivity contribution in [1.82, 2.24) is 4.90 Å². The van der Waals surface area contributed by atoms with Gasteiger partial charge in [0.25, 0.3) is 0 Å². The molecule has 2 fully saturated rings. The topological polar surface area (TPSA) is 55.8 Å². The minimum Gasteiger partial charge on any atom is -0.430 e. The van der Waals surface area contributed by atoms with Gasteiger partial charge in [0.05, 0.1) is 0 Å². The fraction of sp³-hybridized carbons (Fsp3) is 0.750. The van der Waals surface area contributed by atoms with Gasteiger partial charge in [0.15, 0.2) is 0 Å². The monoisotopic (exact) mass is 293 g/mol. The van der Waals surface area contributed by atoms with Gasteiger partial charge in [-0.3, -0.25) is 4.79 Å². The van der Waals surface area contributed by atoms with Crippen LogP contribution in [0.25, 0.3) is 0 Å². The quantitative estimate of drug-likeness (QED) is 0.428. The first kappa shape index (κ1) is 14.4. The zero-order valence-electron chi connectivity index (χ0n) is 12.5. The first-order valence-electron chi connectivity index (χ1n) is 7.90. The van der Waals surface area contributed by atoms with E-state index in [1.807, 2.05) is 11.9 Å². The van der Waals surface area contributed by atoms with E-state index in [1.54, 1.807) is 0 Å². The second-order valence-corrected chi connectivity index (χ2v) is 6.44. The van der Waals surface area contributed by atoms with Gasteiger partial charge in [0.2, 0.25) is 5.91 Å². The molecule has 116 valence electrons. The number of amides is 1. The largest absolute Gasteiger partial charge is 0.508 e. The first-order chi connectivity index (χ1) is 10.1. The molecular formula is C16H23NO4. The van der Waals surface area contributed by atoms with Crippen molar-refractivity contribution in [3.63, 3.8) is 0 Å². The SMILES string of the molecule is CN(CCCCC1COC(=O)O1)C(=O)C1CC2C=CC1C2. The van der Waals surface area contributed by atoms with Crippen molar-refractivity contribution >= 4 is 12.1 Å². The molecule has 2 bridgehead atoms. The average Bonchev–Trinajstić information content (AvgIpc) is 3.19. The maximum Gasteiger partial charge on any atom is 0.508 e. The molecule has 0 radical (unpaired) electrons. The van der Waals surface area contributed by atoms with Crippen molar-refractivity contribution in [1.29, 1.82) is 0 Å². The van der Waals surface area contributed by atoms with Crippen LogP contribution in [-0.2, 0) is 14.3 Å². The molecule has 1 amide bonds. The summed E-state index contributed by atoms with van der Waals surface area (Å²) in [7, 11) is 1.90. The highest BCUT2D eigenvalue weighted by molar-refractivity contribution is 5.79. The Kier molecular flexibility index (Phi) is 4.17. The van der Waals surface area contributed by atoms with Crippen molar-refractivity contribution < 1.29 is 19.1 Å². The molecule has 0 spiro atoms. The van der Waals surface area contributed by atoms with Crippen LogP contribution >= 0.6 is 0 Å². The summed E-state index contributed by atoms with van der Waals surface area (Å²) >= 11 is 0. The van der Waals surface area contributed by atoms with Crippen molar-refractivity contribution in [3.05, 3.63) is 12.2 Å². The molecular weight excluding hydrogens is 270 g/mol. The third-order valence-corrected chi connectivity index (χ3v) is 4.89. The smallest absolute Gasteiger partial charge is 0.430 e. The summed E-state index contributed by atoms with van der Waals surface area (Å²) in [5.74, 6) is 1.60. The van der Waals surface area contributed by atoms with Crippen LogP contribution in [0, 0.1) is 17.8 Å². The minimum absolute atomic E-state index is 0.103. The number of cyclic esters (lactones) is 2. The van der Waals surface area contributed by atoms with Gasteiger partial charge in [0.1, 0.15) is 12.7 Å². The molecule has 1 heterocycles. The molecule has 3 aliphatic rings. The zero-order valence-corrected chi connectivity index (χ0v) is 12.5. The van der Waals surface area contributed by atoms with E-state index in [9.17, 15) is 9.59 Å². The summed E-state index contributed by atoms with van der Waals surface area (Å²) in [4.78, 5) is 25.1. The second kappa shape index (κ2) is 6.08. The van der Waals surface area contributed by atoms with Crippen LogP contribution in [0.3, 0.4) is 0 Å². The number of fused-ring (bicyclic) bond motifs is 2. The predicted molar refractivity (Wildman–Crippen MR) is 76.6 cm³/mol. The fourth-order valence-electron chi connectivity index (χ4n) is 3.69. The maximum absolute atomic E-state index is 12.4. The molecule has 3 rings (SSSR count). The normalized spacial score (nSPS) is 33.1.